The van der Waals surface area contributed by atoms with Gasteiger partial charge in [0.2, 0.25) is 0 Å². The summed E-state index contributed by atoms with van der Waals surface area (Å²) in [6.45, 7) is 3.02. The van der Waals surface area contributed by atoms with Crippen LogP contribution in [0.4, 0.5) is 10.2 Å². The minimum absolute atomic E-state index is 0.121. The summed E-state index contributed by atoms with van der Waals surface area (Å²) in [5, 5.41) is 8.24. The number of hydrogen-bond donors (Lipinski definition) is 1. The van der Waals surface area contributed by atoms with E-state index in [4.69, 9.17) is 0 Å². The van der Waals surface area contributed by atoms with Gasteiger partial charge in [0.1, 0.15) is 5.82 Å². The van der Waals surface area contributed by atoms with Crippen LogP contribution in [0.25, 0.3) is 10.9 Å². The molecule has 0 bridgehead atoms. The number of hydrogen-bond acceptors (Lipinski definition) is 5. The predicted octanol–water partition coefficient (Wildman–Crippen LogP) is 1.82. The Hall–Kier alpha value is -2.45. The van der Waals surface area contributed by atoms with Gasteiger partial charge < -0.3 is 10.2 Å². The molecular weight excluding hydrogens is 343 g/mol. The van der Waals surface area contributed by atoms with Gasteiger partial charge in [-0.2, -0.15) is 12.5 Å². The highest BCUT2D eigenvalue weighted by Gasteiger charge is 2.26. The Morgan fingerprint density at radius 2 is 1.76 bits per heavy atom. The number of halogens is 1. The first kappa shape index (κ1) is 16.0. The third-order valence-corrected chi connectivity index (χ3v) is 5.88. The second kappa shape index (κ2) is 6.12. The summed E-state index contributed by atoms with van der Waals surface area (Å²) in [4.78, 5) is 2.14. The third kappa shape index (κ3) is 2.77. The lowest BCUT2D eigenvalue weighted by atomic mass is 10.2. The Morgan fingerprint density at radius 3 is 2.48 bits per heavy atom. The van der Waals surface area contributed by atoms with Gasteiger partial charge in [-0.25, -0.2) is 4.39 Å². The Morgan fingerprint density at radius 1 is 1.04 bits per heavy atom. The van der Waals surface area contributed by atoms with Crippen molar-refractivity contribution in [3.05, 3.63) is 54.3 Å². The molecule has 0 radical (unpaired) electrons. The number of aromatic nitrogens is 2. The molecule has 0 atom stereocenters. The topological polar surface area (TPSA) is 67.2 Å². The van der Waals surface area contributed by atoms with Gasteiger partial charge in [-0.3, -0.25) is 0 Å². The molecule has 3 aromatic rings. The molecule has 1 aliphatic heterocycles. The third-order valence-electron chi connectivity index (χ3n) is 4.28. The van der Waals surface area contributed by atoms with E-state index in [2.05, 4.69) is 10.4 Å². The summed E-state index contributed by atoms with van der Waals surface area (Å²) in [5.41, 5.74) is 0.248. The molecule has 25 heavy (non-hydrogen) atoms. The van der Waals surface area contributed by atoms with Crippen molar-refractivity contribution in [3.63, 3.8) is 0 Å². The molecule has 1 N–H and O–H groups in total. The first-order valence-corrected chi connectivity index (χ1v) is 9.46. The van der Waals surface area contributed by atoms with E-state index >= 15 is 0 Å². The maximum absolute atomic E-state index is 13.8. The molecule has 1 fully saturated rings. The van der Waals surface area contributed by atoms with Gasteiger partial charge in [0, 0.05) is 37.6 Å². The summed E-state index contributed by atoms with van der Waals surface area (Å²) >= 11 is 0. The summed E-state index contributed by atoms with van der Waals surface area (Å²) in [7, 11) is -3.90. The largest absolute Gasteiger partial charge is 0.352 e. The van der Waals surface area contributed by atoms with Crippen molar-refractivity contribution in [2.75, 3.05) is 31.1 Å². The molecular formula is C17H17FN4O2S. The first-order valence-electron chi connectivity index (χ1n) is 8.02. The molecule has 0 spiro atoms. The van der Waals surface area contributed by atoms with Crippen molar-refractivity contribution in [3.8, 4) is 0 Å². The fraction of sp³-hybridized carbons (Fsp3) is 0.235. The molecule has 2 heterocycles. The summed E-state index contributed by atoms with van der Waals surface area (Å²) < 4.78 is 40.7. The Kier molecular flexibility index (Phi) is 3.93. The SMILES string of the molecule is O=S(=O)(c1ccccc1)n1nc(N2CCNCC2)c2ccc(F)cc21. The quantitative estimate of drug-likeness (QED) is 0.772. The fourth-order valence-electron chi connectivity index (χ4n) is 3.03. The standard InChI is InChI=1S/C17H17FN4O2S/c18-13-6-7-15-16(12-13)22(20-17(15)21-10-8-19-9-11-21)25(23,24)14-4-2-1-3-5-14/h1-7,12,19H,8-11H2. The number of piperazine rings is 1. The van der Waals surface area contributed by atoms with Crippen molar-refractivity contribution >= 4 is 26.7 Å². The van der Waals surface area contributed by atoms with Crippen LogP contribution in [0.2, 0.25) is 0 Å². The van der Waals surface area contributed by atoms with Crippen molar-refractivity contribution in [2.45, 2.75) is 4.90 Å². The second-order valence-corrected chi connectivity index (χ2v) is 7.65. The Labute approximate surface area is 144 Å². The molecule has 4 rings (SSSR count). The van der Waals surface area contributed by atoms with Crippen LogP contribution >= 0.6 is 0 Å². The highest BCUT2D eigenvalue weighted by atomic mass is 32.2. The van der Waals surface area contributed by atoms with Gasteiger partial charge in [-0.15, -0.1) is 5.10 Å². The van der Waals surface area contributed by atoms with E-state index in [1.165, 1.54) is 24.3 Å². The first-order chi connectivity index (χ1) is 12.1. The Balaban J connectivity index is 1.93. The number of rotatable bonds is 3. The number of fused-ring (bicyclic) bond motifs is 1. The average Bonchev–Trinajstić information content (AvgIpc) is 3.02. The zero-order valence-electron chi connectivity index (χ0n) is 13.4. The minimum Gasteiger partial charge on any atom is -0.352 e. The molecule has 0 unspecified atom stereocenters. The van der Waals surface area contributed by atoms with E-state index in [1.54, 1.807) is 24.3 Å². The van der Waals surface area contributed by atoms with Gasteiger partial charge in [0.05, 0.1) is 10.4 Å². The van der Waals surface area contributed by atoms with Crippen molar-refractivity contribution in [1.82, 2.24) is 14.5 Å². The predicted molar refractivity (Wildman–Crippen MR) is 93.8 cm³/mol. The van der Waals surface area contributed by atoms with E-state index < -0.39 is 15.8 Å². The zero-order chi connectivity index (χ0) is 17.4. The van der Waals surface area contributed by atoms with E-state index in [0.717, 1.165) is 30.3 Å². The maximum Gasteiger partial charge on any atom is 0.283 e. The van der Waals surface area contributed by atoms with Crippen LogP contribution in [0.3, 0.4) is 0 Å². The van der Waals surface area contributed by atoms with Gasteiger partial charge in [-0.1, -0.05) is 18.2 Å². The molecule has 1 saturated heterocycles. The Bertz CT molecular complexity index is 1010. The van der Waals surface area contributed by atoms with Crippen LogP contribution in [0.5, 0.6) is 0 Å². The molecule has 2 aromatic carbocycles. The van der Waals surface area contributed by atoms with Crippen LogP contribution in [0, 0.1) is 5.82 Å². The van der Waals surface area contributed by atoms with Crippen molar-refractivity contribution in [1.29, 1.82) is 0 Å². The van der Waals surface area contributed by atoms with Gasteiger partial charge in [0.15, 0.2) is 5.82 Å². The second-order valence-electron chi connectivity index (χ2n) is 5.88. The molecule has 6 nitrogen and oxygen atoms in total. The molecule has 130 valence electrons. The molecule has 0 amide bonds. The molecule has 8 heteroatoms. The number of nitrogens with one attached hydrogen (secondary N) is 1. The van der Waals surface area contributed by atoms with E-state index in [9.17, 15) is 12.8 Å². The molecule has 0 saturated carbocycles. The lowest BCUT2D eigenvalue weighted by molar-refractivity contribution is 0.574. The lowest BCUT2D eigenvalue weighted by Gasteiger charge is -2.27. The van der Waals surface area contributed by atoms with E-state index in [0.29, 0.717) is 11.2 Å². The number of anilines is 1. The van der Waals surface area contributed by atoms with Gasteiger partial charge >= 0.3 is 0 Å². The van der Waals surface area contributed by atoms with E-state index in [1.807, 2.05) is 4.90 Å². The molecule has 1 aliphatic rings. The fourth-order valence-corrected chi connectivity index (χ4v) is 4.33. The van der Waals surface area contributed by atoms with Gasteiger partial charge in [0.25, 0.3) is 10.0 Å². The van der Waals surface area contributed by atoms with E-state index in [-0.39, 0.29) is 10.4 Å². The summed E-state index contributed by atoms with van der Waals surface area (Å²) in [6.07, 6.45) is 0. The summed E-state index contributed by atoms with van der Waals surface area (Å²) in [6, 6.07) is 12.2. The number of nitrogens with zero attached hydrogens (tertiary/aromatic N) is 3. The normalized spacial score (nSPS) is 15.6. The average molecular weight is 360 g/mol. The smallest absolute Gasteiger partial charge is 0.283 e. The maximum atomic E-state index is 13.8. The zero-order valence-corrected chi connectivity index (χ0v) is 14.2. The molecule has 1 aromatic heterocycles. The summed E-state index contributed by atoms with van der Waals surface area (Å²) in [5.74, 6) is 0.0692. The van der Waals surface area contributed by atoms with Crippen LogP contribution in [0.1, 0.15) is 0 Å². The highest BCUT2D eigenvalue weighted by Crippen LogP contribution is 2.29. The van der Waals surface area contributed by atoms with Crippen LogP contribution in [-0.4, -0.2) is 43.8 Å². The van der Waals surface area contributed by atoms with Gasteiger partial charge in [-0.05, 0) is 24.3 Å². The lowest BCUT2D eigenvalue weighted by Crippen LogP contribution is -2.43. The minimum atomic E-state index is -3.90. The van der Waals surface area contributed by atoms with Crippen LogP contribution in [0.15, 0.2) is 53.4 Å². The van der Waals surface area contributed by atoms with Crippen molar-refractivity contribution in [2.24, 2.45) is 0 Å². The van der Waals surface area contributed by atoms with Crippen molar-refractivity contribution < 1.29 is 12.8 Å². The highest BCUT2D eigenvalue weighted by molar-refractivity contribution is 7.90. The van der Waals surface area contributed by atoms with Crippen LogP contribution < -0.4 is 10.2 Å². The van der Waals surface area contributed by atoms with Crippen LogP contribution in [-0.2, 0) is 10.0 Å². The molecule has 0 aliphatic carbocycles. The number of benzene rings is 2. The monoisotopic (exact) mass is 360 g/mol.